The van der Waals surface area contributed by atoms with Gasteiger partial charge in [-0.15, -0.1) is 0 Å². The molecule has 0 bridgehead atoms. The van der Waals surface area contributed by atoms with E-state index in [9.17, 15) is 4.39 Å². The minimum atomic E-state index is -3.20. The molecule has 0 aromatic heterocycles. The van der Waals surface area contributed by atoms with Crippen molar-refractivity contribution >= 4 is 18.7 Å². The van der Waals surface area contributed by atoms with Crippen molar-refractivity contribution in [2.24, 2.45) is 0 Å². The zero-order valence-electron chi connectivity index (χ0n) is 32.4. The molecule has 1 fully saturated rings. The summed E-state index contributed by atoms with van der Waals surface area (Å²) < 4.78 is 64.6. The number of benzene rings is 3. The van der Waals surface area contributed by atoms with Crippen LogP contribution in [0, 0.1) is 0 Å². The van der Waals surface area contributed by atoms with E-state index in [0.29, 0.717) is 29.9 Å². The molecule has 10 heteroatoms. The largest absolute Gasteiger partial charge is 0.454 e. The van der Waals surface area contributed by atoms with Crippen molar-refractivity contribution in [1.29, 1.82) is 0 Å². The van der Waals surface area contributed by atoms with E-state index in [1.165, 1.54) is 0 Å². The highest BCUT2D eigenvalue weighted by molar-refractivity contribution is 6.99. The Morgan fingerprint density at radius 2 is 1.65 bits per heavy atom. The number of nitrogens with zero attached hydrogens (tertiary/aromatic N) is 2. The fraction of sp³-hybridized carbons (Fsp3) is 0.455. The zero-order chi connectivity index (χ0) is 38.5. The van der Waals surface area contributed by atoms with Crippen molar-refractivity contribution in [1.82, 2.24) is 15.1 Å². The van der Waals surface area contributed by atoms with E-state index >= 15 is 8.78 Å². The highest BCUT2D eigenvalue weighted by Gasteiger charge is 2.52. The normalized spacial score (nSPS) is 21.1. The van der Waals surface area contributed by atoms with Crippen LogP contribution >= 0.6 is 0 Å². The predicted octanol–water partition coefficient (Wildman–Crippen LogP) is 7.95. The van der Waals surface area contributed by atoms with Crippen LogP contribution in [-0.4, -0.2) is 82.4 Å². The van der Waals surface area contributed by atoms with Crippen LogP contribution in [0.5, 0.6) is 11.5 Å². The molecule has 0 unspecified atom stereocenters. The number of hydrogen-bond acceptors (Lipinski definition) is 6. The Morgan fingerprint density at radius 3 is 2.26 bits per heavy atom. The van der Waals surface area contributed by atoms with Gasteiger partial charge < -0.3 is 24.1 Å². The molecular formula is C44H56F3N3O3Si. The highest BCUT2D eigenvalue weighted by Crippen LogP contribution is 2.45. The number of likely N-dealkylation sites (tertiary alicyclic amines) is 1. The molecular weight excluding hydrogens is 704 g/mol. The number of rotatable bonds is 15. The van der Waals surface area contributed by atoms with Gasteiger partial charge in [0.2, 0.25) is 6.79 Å². The third kappa shape index (κ3) is 8.67. The molecule has 6 rings (SSSR count). The minimum absolute atomic E-state index is 0.128. The lowest BCUT2D eigenvalue weighted by molar-refractivity contribution is -0.0819. The molecule has 0 radical (unpaired) electrons. The Balaban J connectivity index is 1.27. The average molecular weight is 760 g/mol. The Kier molecular flexibility index (Phi) is 12.5. The molecule has 1 N–H and O–H groups in total. The first-order chi connectivity index (χ1) is 25.8. The summed E-state index contributed by atoms with van der Waals surface area (Å²) in [6.07, 6.45) is 8.04. The summed E-state index contributed by atoms with van der Waals surface area (Å²) in [5, 5.41) is 5.12. The first-order valence-electron chi connectivity index (χ1n) is 19.2. The van der Waals surface area contributed by atoms with E-state index in [1.807, 2.05) is 110 Å². The number of fused-ring (bicyclic) bond motifs is 2. The van der Waals surface area contributed by atoms with Crippen molar-refractivity contribution in [2.45, 2.75) is 83.0 Å². The summed E-state index contributed by atoms with van der Waals surface area (Å²) in [5.41, 5.74) is 3.56. The van der Waals surface area contributed by atoms with E-state index < -0.39 is 38.5 Å². The van der Waals surface area contributed by atoms with E-state index in [0.717, 1.165) is 53.3 Å². The maximum atomic E-state index is 16.8. The highest BCUT2D eigenvalue weighted by atomic mass is 28.4. The Bertz CT molecular complexity index is 1760. The number of ether oxygens (including phenoxy) is 2. The monoisotopic (exact) mass is 759 g/mol. The van der Waals surface area contributed by atoms with Crippen LogP contribution in [0.3, 0.4) is 0 Å². The Hall–Kier alpha value is -3.83. The van der Waals surface area contributed by atoms with Gasteiger partial charge in [0.25, 0.3) is 14.2 Å². The van der Waals surface area contributed by atoms with Gasteiger partial charge in [0.1, 0.15) is 0 Å². The zero-order valence-corrected chi connectivity index (χ0v) is 33.4. The second kappa shape index (κ2) is 16.9. The maximum Gasteiger partial charge on any atom is 0.282 e. The molecule has 3 aromatic carbocycles. The molecule has 6 nitrogen and oxygen atoms in total. The van der Waals surface area contributed by atoms with Crippen LogP contribution in [-0.2, 0) is 10.8 Å². The minimum Gasteiger partial charge on any atom is -0.454 e. The number of hydrogen-bond donors (Lipinski definition) is 1. The molecule has 54 heavy (non-hydrogen) atoms. The standard InChI is InChI=1S/C44H56F3N3O3Si/c1-7-35(48-36-21-24-49(28-36)23-14-22-45)20-19-32(2)42-39-27-41-40(51-31-52-41)26-34(39)25-33(3)50(42)29-44(46,47)30-53-54(43(4,5)6,37-15-10-8-11-16-37)38-17-12-9-13-18-38/h7-13,15-20,26-27,33,36,42,48H,2,14,21-25,28-31H2,1,3-6H3/b20-19-,35-7+/t33-,36+,42-/m1/s1. The lowest BCUT2D eigenvalue weighted by atomic mass is 9.84. The van der Waals surface area contributed by atoms with Crippen LogP contribution in [0.2, 0.25) is 5.04 Å². The smallest absolute Gasteiger partial charge is 0.282 e. The van der Waals surface area contributed by atoms with Gasteiger partial charge in [-0.05, 0) is 83.4 Å². The van der Waals surface area contributed by atoms with Gasteiger partial charge in [-0.2, -0.15) is 0 Å². The average Bonchev–Trinajstić information content (AvgIpc) is 3.81. The fourth-order valence-corrected chi connectivity index (χ4v) is 13.0. The molecule has 3 heterocycles. The topological polar surface area (TPSA) is 46.2 Å². The van der Waals surface area contributed by atoms with Gasteiger partial charge in [0.15, 0.2) is 11.5 Å². The van der Waals surface area contributed by atoms with Gasteiger partial charge in [-0.1, -0.05) is 100 Å². The lowest BCUT2D eigenvalue weighted by Gasteiger charge is -2.46. The SMILES string of the molecule is C=C(/C=C\C(=C/C)N[C@H]1CCN(CCCF)C1)[C@@H]1c2cc3c(cc2C[C@@H](C)N1CC(F)(F)CO[Si](c1ccccc1)(c1ccccc1)C(C)(C)C)OCO3. The summed E-state index contributed by atoms with van der Waals surface area (Å²) in [4.78, 5) is 4.17. The molecule has 1 saturated heterocycles. The van der Waals surface area contributed by atoms with Gasteiger partial charge in [-0.3, -0.25) is 9.29 Å². The Morgan fingerprint density at radius 1 is 1.00 bits per heavy atom. The lowest BCUT2D eigenvalue weighted by Crippen LogP contribution is -2.67. The van der Waals surface area contributed by atoms with E-state index in [2.05, 4.69) is 37.6 Å². The van der Waals surface area contributed by atoms with Crippen molar-refractivity contribution in [3.8, 4) is 11.5 Å². The van der Waals surface area contributed by atoms with Crippen molar-refractivity contribution in [3.05, 3.63) is 120 Å². The van der Waals surface area contributed by atoms with E-state index in [-0.39, 0.29) is 25.6 Å². The predicted molar refractivity (Wildman–Crippen MR) is 214 cm³/mol. The van der Waals surface area contributed by atoms with Crippen LogP contribution in [0.1, 0.15) is 64.6 Å². The summed E-state index contributed by atoms with van der Waals surface area (Å²) in [7, 11) is -3.20. The summed E-state index contributed by atoms with van der Waals surface area (Å²) in [6, 6.07) is 23.2. The molecule has 0 amide bonds. The van der Waals surface area contributed by atoms with Crippen LogP contribution in [0.15, 0.2) is 109 Å². The van der Waals surface area contributed by atoms with Crippen LogP contribution in [0.25, 0.3) is 0 Å². The van der Waals surface area contributed by atoms with Gasteiger partial charge in [0.05, 0.1) is 25.9 Å². The summed E-state index contributed by atoms with van der Waals surface area (Å²) in [5.74, 6) is -1.90. The number of alkyl halides is 3. The summed E-state index contributed by atoms with van der Waals surface area (Å²) in [6.45, 7) is 15.9. The Labute approximate surface area is 320 Å². The number of halogens is 3. The van der Waals surface area contributed by atoms with Gasteiger partial charge >= 0.3 is 0 Å². The van der Waals surface area contributed by atoms with Crippen LogP contribution in [0.4, 0.5) is 13.2 Å². The maximum absolute atomic E-state index is 16.8. The fourth-order valence-electron chi connectivity index (χ4n) is 8.44. The first kappa shape index (κ1) is 39.8. The van der Waals surface area contributed by atoms with E-state index in [4.69, 9.17) is 13.9 Å². The first-order valence-corrected chi connectivity index (χ1v) is 21.1. The molecule has 3 atom stereocenters. The third-order valence-corrected chi connectivity index (χ3v) is 16.0. The quantitative estimate of drug-likeness (QED) is 0.126. The van der Waals surface area contributed by atoms with Crippen molar-refractivity contribution in [2.75, 3.05) is 46.3 Å². The molecule has 3 aliphatic heterocycles. The van der Waals surface area contributed by atoms with Gasteiger partial charge in [0, 0.05) is 37.4 Å². The molecule has 3 aromatic rings. The number of nitrogens with one attached hydrogen (secondary N) is 1. The molecule has 3 aliphatic rings. The third-order valence-electron chi connectivity index (χ3n) is 11.1. The second-order valence-corrected chi connectivity index (χ2v) is 20.3. The molecule has 0 aliphatic carbocycles. The van der Waals surface area contributed by atoms with E-state index in [1.54, 1.807) is 0 Å². The molecule has 0 saturated carbocycles. The van der Waals surface area contributed by atoms with Crippen LogP contribution < -0.4 is 25.2 Å². The molecule has 290 valence electrons. The second-order valence-electron chi connectivity index (χ2n) is 16.0. The van der Waals surface area contributed by atoms with Crippen molar-refractivity contribution < 1.29 is 27.1 Å². The molecule has 0 spiro atoms. The number of allylic oxidation sites excluding steroid dienone is 2. The summed E-state index contributed by atoms with van der Waals surface area (Å²) >= 11 is 0. The van der Waals surface area contributed by atoms with Gasteiger partial charge in [-0.25, -0.2) is 8.78 Å². The van der Waals surface area contributed by atoms with Crippen molar-refractivity contribution in [3.63, 3.8) is 0 Å².